The Morgan fingerprint density at radius 2 is 0.787 bits per heavy atom. The quantitative estimate of drug-likeness (QED) is 0.0261. The van der Waals surface area contributed by atoms with Crippen LogP contribution in [0.5, 0.6) is 0 Å². The summed E-state index contributed by atoms with van der Waals surface area (Å²) in [6, 6.07) is -0.840. The van der Waals surface area contributed by atoms with E-state index in [0.29, 0.717) is 6.42 Å². The van der Waals surface area contributed by atoms with Gasteiger partial charge in [-0.2, -0.15) is 0 Å². The van der Waals surface area contributed by atoms with Crippen LogP contribution < -0.4 is 5.32 Å². The molecule has 1 amide bonds. The number of rotatable bonds is 57. The number of nitrogens with one attached hydrogen (secondary N) is 1. The fraction of sp³-hybridized carbons (Fsp3) is 0.761. The lowest BCUT2D eigenvalue weighted by Gasteiger charge is -2.40. The van der Waals surface area contributed by atoms with Crippen LogP contribution in [0.25, 0.3) is 0 Å². The minimum atomic E-state index is -1.58. The van der Waals surface area contributed by atoms with Crippen molar-refractivity contribution >= 4 is 5.91 Å². The van der Waals surface area contributed by atoms with Crippen LogP contribution in [0.2, 0.25) is 0 Å². The van der Waals surface area contributed by atoms with Crippen molar-refractivity contribution in [2.75, 3.05) is 13.2 Å². The van der Waals surface area contributed by atoms with Crippen LogP contribution in [0.3, 0.4) is 0 Å². The first-order chi connectivity index (χ1) is 39.3. The molecule has 1 rings (SSSR count). The Morgan fingerprint density at radius 1 is 0.438 bits per heavy atom. The molecular weight excluding hydrogens is 995 g/mol. The van der Waals surface area contributed by atoms with Crippen LogP contribution in [-0.4, -0.2) is 87.5 Å². The van der Waals surface area contributed by atoms with Crippen molar-refractivity contribution in [1.82, 2.24) is 5.32 Å². The van der Waals surface area contributed by atoms with Crippen LogP contribution in [-0.2, 0) is 14.3 Å². The summed E-state index contributed by atoms with van der Waals surface area (Å²) in [5.41, 5.74) is 0. The molecule has 1 aliphatic heterocycles. The van der Waals surface area contributed by atoms with Crippen molar-refractivity contribution in [1.29, 1.82) is 0 Å². The first kappa shape index (κ1) is 75.1. The number of amides is 1. The molecule has 0 bridgehead atoms. The Balaban J connectivity index is 2.20. The van der Waals surface area contributed by atoms with Gasteiger partial charge >= 0.3 is 0 Å². The lowest BCUT2D eigenvalue weighted by atomic mass is 9.99. The van der Waals surface area contributed by atoms with E-state index in [1.807, 2.05) is 6.08 Å². The molecule has 0 radical (unpaired) electrons. The molecule has 0 spiro atoms. The molecule has 7 unspecified atom stereocenters. The van der Waals surface area contributed by atoms with E-state index in [4.69, 9.17) is 9.47 Å². The van der Waals surface area contributed by atoms with Crippen molar-refractivity contribution in [3.8, 4) is 0 Å². The zero-order valence-electron chi connectivity index (χ0n) is 51.6. The first-order valence-corrected chi connectivity index (χ1v) is 33.5. The highest BCUT2D eigenvalue weighted by atomic mass is 16.7. The highest BCUT2D eigenvalue weighted by Gasteiger charge is 2.44. The van der Waals surface area contributed by atoms with Gasteiger partial charge in [-0.15, -0.1) is 0 Å². The number of unbranched alkanes of at least 4 members (excludes halogenated alkanes) is 33. The summed E-state index contributed by atoms with van der Waals surface area (Å²) in [5, 5.41) is 54.7. The fourth-order valence-electron chi connectivity index (χ4n) is 10.2. The summed E-state index contributed by atoms with van der Waals surface area (Å²) in [7, 11) is 0. The maximum absolute atomic E-state index is 13.1. The third-order valence-electron chi connectivity index (χ3n) is 15.4. The van der Waals surface area contributed by atoms with Gasteiger partial charge in [0.2, 0.25) is 5.91 Å². The maximum Gasteiger partial charge on any atom is 0.220 e. The van der Waals surface area contributed by atoms with E-state index in [-0.39, 0.29) is 12.5 Å². The van der Waals surface area contributed by atoms with Crippen molar-refractivity contribution < 1.29 is 39.8 Å². The standard InChI is InChI=1S/C71H125NO8/c1-3-5-7-9-11-13-15-17-19-21-23-25-27-29-30-31-32-33-34-35-37-38-40-42-44-46-48-50-52-54-56-58-60-65(74)64(63-79-71-70(78)69(77)68(76)66(62-73)80-71)72-67(75)61-59-57-55-53-51-49-47-45-43-41-39-36-28-26-24-22-20-18-16-14-12-10-8-6-4-2/h6,8,12,14,18,20,24,26,36,39,42,44,50,52,58,60,64-66,68-71,73-74,76-78H,3-5,7,9-11,13,15-17,19,21-23,25,27-35,37-38,40-41,43,45-49,51,53-57,59,61-63H2,1-2H3,(H,72,75)/b8-6-,14-12-,20-18-,26-24-,39-36-,44-42+,52-50+,60-58+. The van der Waals surface area contributed by atoms with Gasteiger partial charge in [-0.3, -0.25) is 4.79 Å². The summed E-state index contributed by atoms with van der Waals surface area (Å²) in [5.74, 6) is -0.199. The van der Waals surface area contributed by atoms with Crippen LogP contribution in [0.4, 0.5) is 0 Å². The van der Waals surface area contributed by atoms with Crippen molar-refractivity contribution in [2.45, 2.75) is 333 Å². The first-order valence-electron chi connectivity index (χ1n) is 33.5. The molecule has 9 nitrogen and oxygen atoms in total. The van der Waals surface area contributed by atoms with Gasteiger partial charge in [-0.1, -0.05) is 291 Å². The van der Waals surface area contributed by atoms with Gasteiger partial charge in [0.15, 0.2) is 6.29 Å². The number of carbonyl (C=O) groups is 1. The second kappa shape index (κ2) is 59.3. The van der Waals surface area contributed by atoms with E-state index in [0.717, 1.165) is 89.9 Å². The topological polar surface area (TPSA) is 149 Å². The van der Waals surface area contributed by atoms with E-state index >= 15 is 0 Å². The van der Waals surface area contributed by atoms with Gasteiger partial charge in [0, 0.05) is 6.42 Å². The van der Waals surface area contributed by atoms with E-state index in [2.05, 4.69) is 104 Å². The largest absolute Gasteiger partial charge is 0.394 e. The fourth-order valence-corrected chi connectivity index (χ4v) is 10.2. The van der Waals surface area contributed by atoms with Gasteiger partial charge in [0.25, 0.3) is 0 Å². The predicted molar refractivity (Wildman–Crippen MR) is 341 cm³/mol. The Morgan fingerprint density at radius 3 is 1.20 bits per heavy atom. The van der Waals surface area contributed by atoms with Crippen molar-refractivity contribution in [3.63, 3.8) is 0 Å². The number of carbonyl (C=O) groups excluding carboxylic acids is 1. The number of hydrogen-bond donors (Lipinski definition) is 6. The van der Waals surface area contributed by atoms with E-state index < -0.39 is 49.5 Å². The molecule has 9 heteroatoms. The molecule has 1 heterocycles. The Kier molecular flexibility index (Phi) is 55.7. The van der Waals surface area contributed by atoms with Gasteiger partial charge in [0.05, 0.1) is 25.4 Å². The van der Waals surface area contributed by atoms with Crippen LogP contribution in [0.15, 0.2) is 97.2 Å². The maximum atomic E-state index is 13.1. The molecule has 1 aliphatic rings. The van der Waals surface area contributed by atoms with Crippen LogP contribution in [0.1, 0.15) is 290 Å². The van der Waals surface area contributed by atoms with E-state index in [9.17, 15) is 30.3 Å². The lowest BCUT2D eigenvalue weighted by Crippen LogP contribution is -2.60. The highest BCUT2D eigenvalue weighted by molar-refractivity contribution is 5.76. The van der Waals surface area contributed by atoms with Crippen molar-refractivity contribution in [3.05, 3.63) is 97.2 Å². The van der Waals surface area contributed by atoms with Crippen LogP contribution in [0, 0.1) is 0 Å². The van der Waals surface area contributed by atoms with Gasteiger partial charge in [-0.05, 0) is 89.9 Å². The molecule has 7 atom stereocenters. The molecular formula is C71H125NO8. The minimum absolute atomic E-state index is 0.199. The molecule has 0 saturated carbocycles. The highest BCUT2D eigenvalue weighted by Crippen LogP contribution is 2.23. The average molecular weight is 1120 g/mol. The van der Waals surface area contributed by atoms with E-state index in [1.165, 1.54) is 180 Å². The second-order valence-electron chi connectivity index (χ2n) is 22.9. The Labute approximate surface area is 492 Å². The lowest BCUT2D eigenvalue weighted by molar-refractivity contribution is -0.302. The molecule has 1 saturated heterocycles. The number of aliphatic hydroxyl groups excluding tert-OH is 5. The summed E-state index contributed by atoms with van der Waals surface area (Å²) in [6.07, 6.45) is 79.3. The average Bonchev–Trinajstić information content (AvgIpc) is 3.46. The summed E-state index contributed by atoms with van der Waals surface area (Å²) in [4.78, 5) is 13.1. The zero-order valence-corrected chi connectivity index (χ0v) is 51.6. The minimum Gasteiger partial charge on any atom is -0.394 e. The molecule has 0 aromatic heterocycles. The molecule has 0 aromatic carbocycles. The number of allylic oxidation sites excluding steroid dienone is 15. The molecule has 6 N–H and O–H groups in total. The smallest absolute Gasteiger partial charge is 0.220 e. The normalized spacial score (nSPS) is 19.1. The summed E-state index contributed by atoms with van der Waals surface area (Å²) in [6.45, 7) is 3.66. The Bertz CT molecular complexity index is 1580. The predicted octanol–water partition coefficient (Wildman–Crippen LogP) is 17.9. The number of aliphatic hydroxyl groups is 5. The number of ether oxygens (including phenoxy) is 2. The molecule has 80 heavy (non-hydrogen) atoms. The van der Waals surface area contributed by atoms with Gasteiger partial charge < -0.3 is 40.3 Å². The molecule has 0 aliphatic carbocycles. The Hall–Kier alpha value is -2.89. The SMILES string of the molecule is CC/C=C\C/C=C\C/C=C\C/C=C\C/C=C\CCCCCCCCCCCC(=O)NC(COC1OC(CO)C(O)C(O)C1O)C(O)/C=C/CC/C=C/CC/C=C/CCCCCCCCCCCCCCCCCCCCCCCC. The molecule has 462 valence electrons. The van der Waals surface area contributed by atoms with Gasteiger partial charge in [-0.25, -0.2) is 0 Å². The van der Waals surface area contributed by atoms with Crippen molar-refractivity contribution in [2.24, 2.45) is 0 Å². The molecule has 0 aromatic rings. The van der Waals surface area contributed by atoms with Gasteiger partial charge in [0.1, 0.15) is 24.4 Å². The van der Waals surface area contributed by atoms with Crippen LogP contribution >= 0.6 is 0 Å². The summed E-state index contributed by atoms with van der Waals surface area (Å²) < 4.78 is 11.3. The second-order valence-corrected chi connectivity index (χ2v) is 22.9. The third kappa shape index (κ3) is 47.6. The number of hydrogen-bond acceptors (Lipinski definition) is 8. The molecule has 1 fully saturated rings. The zero-order chi connectivity index (χ0) is 57.9. The monoisotopic (exact) mass is 1120 g/mol. The van der Waals surface area contributed by atoms with E-state index in [1.54, 1.807) is 6.08 Å². The summed E-state index contributed by atoms with van der Waals surface area (Å²) >= 11 is 0. The third-order valence-corrected chi connectivity index (χ3v) is 15.4.